The molecule has 6 N–H and O–H groups in total. The van der Waals surface area contributed by atoms with E-state index in [1.807, 2.05) is 36.4 Å². The van der Waals surface area contributed by atoms with E-state index in [1.54, 1.807) is 22.2 Å². The fourth-order valence-corrected chi connectivity index (χ4v) is 7.81. The predicted octanol–water partition coefficient (Wildman–Crippen LogP) is 4.68. The summed E-state index contributed by atoms with van der Waals surface area (Å²) >= 11 is 0. The van der Waals surface area contributed by atoms with Gasteiger partial charge < -0.3 is 54.5 Å². The average molecular weight is 785 g/mol. The van der Waals surface area contributed by atoms with E-state index >= 15 is 0 Å². The molecule has 2 aliphatic heterocycles. The maximum atomic E-state index is 13.6. The summed E-state index contributed by atoms with van der Waals surface area (Å²) in [5.74, 6) is 0.334. The number of benzene rings is 2. The van der Waals surface area contributed by atoms with Crippen LogP contribution in [-0.2, 0) is 19.1 Å². The van der Waals surface area contributed by atoms with Crippen LogP contribution in [0.3, 0.4) is 0 Å². The lowest BCUT2D eigenvalue weighted by atomic mass is 9.97. The molecule has 0 radical (unpaired) electrons. The van der Waals surface area contributed by atoms with Crippen LogP contribution in [0.5, 0.6) is 0 Å². The van der Waals surface area contributed by atoms with Crippen LogP contribution in [0.2, 0.25) is 0 Å². The molecule has 0 aliphatic carbocycles. The van der Waals surface area contributed by atoms with E-state index in [2.05, 4.69) is 30.6 Å². The van der Waals surface area contributed by atoms with Gasteiger partial charge >= 0.3 is 12.2 Å². The van der Waals surface area contributed by atoms with Gasteiger partial charge in [0.05, 0.1) is 61.3 Å². The zero-order valence-corrected chi connectivity index (χ0v) is 32.7. The standard InChI is InChI=1S/C40H48N8O9/c1-39(2,53)31(45-37(51)55-5)35(49)47-15-7-9-27(47)33-41-19-25(43-33)21-11-13-23-24-14-12-22(18-30(24)57-29(23)17-21)26-20-42-34(44-26)28-10-8-16-48(28)36(50)32(40(3,4)54)46-38(52)56-6/h11-14,17-20,27-28,31-32,53-54H,7-10,15-16H2,1-6H3,(H,41,43)(H,42,44)(H,45,51)(H,46,52)/t27-,28-,31+,32+/m0/s1. The maximum absolute atomic E-state index is 13.6. The highest BCUT2D eigenvalue weighted by molar-refractivity contribution is 6.06. The second-order valence-corrected chi connectivity index (χ2v) is 15.7. The number of alkyl carbamates (subject to hydrolysis) is 2. The summed E-state index contributed by atoms with van der Waals surface area (Å²) in [6.07, 6.45) is 4.59. The summed E-state index contributed by atoms with van der Waals surface area (Å²) in [7, 11) is 2.40. The quantitative estimate of drug-likeness (QED) is 0.114. The Kier molecular flexibility index (Phi) is 10.5. The van der Waals surface area contributed by atoms with Crippen molar-refractivity contribution >= 4 is 45.9 Å². The summed E-state index contributed by atoms with van der Waals surface area (Å²) in [5.41, 5.74) is 1.40. The highest BCUT2D eigenvalue weighted by atomic mass is 16.5. The molecule has 0 unspecified atom stereocenters. The molecule has 2 aliphatic rings. The molecule has 17 nitrogen and oxygen atoms in total. The van der Waals surface area contributed by atoms with Gasteiger partial charge in [-0.3, -0.25) is 9.59 Å². The molecule has 0 spiro atoms. The number of ether oxygens (including phenoxy) is 2. The van der Waals surface area contributed by atoms with E-state index in [1.165, 1.54) is 41.9 Å². The summed E-state index contributed by atoms with van der Waals surface area (Å²) in [5, 5.41) is 28.2. The van der Waals surface area contributed by atoms with Crippen molar-refractivity contribution in [1.82, 2.24) is 40.4 Å². The number of imidazole rings is 2. The van der Waals surface area contributed by atoms with Crippen LogP contribution in [0.4, 0.5) is 9.59 Å². The number of amides is 4. The Hall–Kier alpha value is -5.94. The van der Waals surface area contributed by atoms with Gasteiger partial charge in [-0.15, -0.1) is 0 Å². The van der Waals surface area contributed by atoms with Gasteiger partial charge in [0.25, 0.3) is 0 Å². The number of fused-ring (bicyclic) bond motifs is 3. The van der Waals surface area contributed by atoms with Crippen molar-refractivity contribution in [3.05, 3.63) is 60.4 Å². The Morgan fingerprint density at radius 2 is 1.14 bits per heavy atom. The Labute approximate surface area is 328 Å². The number of hydrogen-bond acceptors (Lipinski definition) is 11. The summed E-state index contributed by atoms with van der Waals surface area (Å²) in [6.45, 7) is 6.74. The van der Waals surface area contributed by atoms with Gasteiger partial charge in [-0.2, -0.15) is 0 Å². The predicted molar refractivity (Wildman–Crippen MR) is 208 cm³/mol. The SMILES string of the molecule is COC(=O)N[C@H](C(=O)N1CCC[C@H]1c1ncc(-c2ccc3c(c2)oc2cc(-c4cnc([C@@H]5CCCN5C(=O)[C@@H](NC(=O)OC)C(C)(C)O)[nH]4)ccc23)[nH]1)C(C)(C)O. The third kappa shape index (κ3) is 7.76. The molecule has 5 aromatic rings. The Balaban J connectivity index is 1.09. The Morgan fingerprint density at radius 1 is 0.737 bits per heavy atom. The fraction of sp³-hybridized carbons (Fsp3) is 0.450. The Morgan fingerprint density at radius 3 is 1.51 bits per heavy atom. The smallest absolute Gasteiger partial charge is 0.407 e. The van der Waals surface area contributed by atoms with Crippen molar-refractivity contribution in [2.24, 2.45) is 0 Å². The molecule has 2 fully saturated rings. The van der Waals surface area contributed by atoms with Gasteiger partial charge in [0.15, 0.2) is 0 Å². The average Bonchev–Trinajstić information content (AvgIpc) is 4.02. The molecule has 5 heterocycles. The zero-order chi connectivity index (χ0) is 40.8. The molecule has 0 saturated carbocycles. The number of nitrogens with one attached hydrogen (secondary N) is 4. The minimum atomic E-state index is -1.54. The van der Waals surface area contributed by atoms with Crippen molar-refractivity contribution < 1.29 is 43.3 Å². The third-order valence-electron chi connectivity index (χ3n) is 10.8. The second-order valence-electron chi connectivity index (χ2n) is 15.7. The van der Waals surface area contributed by atoms with E-state index in [-0.39, 0.29) is 12.1 Å². The fourth-order valence-electron chi connectivity index (χ4n) is 7.81. The summed E-state index contributed by atoms with van der Waals surface area (Å²) in [4.78, 5) is 70.6. The molecular weight excluding hydrogens is 736 g/mol. The molecular formula is C40H48N8O9. The summed E-state index contributed by atoms with van der Waals surface area (Å²) < 4.78 is 15.8. The monoisotopic (exact) mass is 784 g/mol. The van der Waals surface area contributed by atoms with Crippen LogP contribution >= 0.6 is 0 Å². The minimum absolute atomic E-state index is 0.377. The Bertz CT molecular complexity index is 2160. The lowest BCUT2D eigenvalue weighted by Gasteiger charge is -2.34. The van der Waals surface area contributed by atoms with Gasteiger partial charge in [-0.25, -0.2) is 19.6 Å². The lowest BCUT2D eigenvalue weighted by molar-refractivity contribution is -0.141. The van der Waals surface area contributed by atoms with Gasteiger partial charge in [0.2, 0.25) is 11.8 Å². The molecule has 57 heavy (non-hydrogen) atoms. The van der Waals surface area contributed by atoms with Crippen LogP contribution < -0.4 is 10.6 Å². The number of aliphatic hydroxyl groups is 2. The van der Waals surface area contributed by atoms with E-state index in [9.17, 15) is 29.4 Å². The number of H-pyrrole nitrogens is 2. The van der Waals surface area contributed by atoms with Crippen LogP contribution in [0.15, 0.2) is 53.2 Å². The molecule has 4 amide bonds. The van der Waals surface area contributed by atoms with Crippen molar-refractivity contribution in [2.75, 3.05) is 27.3 Å². The lowest BCUT2D eigenvalue weighted by Crippen LogP contribution is -2.58. The van der Waals surface area contributed by atoms with Crippen molar-refractivity contribution in [3.63, 3.8) is 0 Å². The van der Waals surface area contributed by atoms with E-state index < -0.39 is 47.3 Å². The summed E-state index contributed by atoms with van der Waals surface area (Å²) in [6, 6.07) is 8.62. The van der Waals surface area contributed by atoms with E-state index in [0.717, 1.165) is 46.1 Å². The van der Waals surface area contributed by atoms with Crippen molar-refractivity contribution in [3.8, 4) is 22.5 Å². The van der Waals surface area contributed by atoms with Gasteiger partial charge in [-0.1, -0.05) is 12.1 Å². The largest absolute Gasteiger partial charge is 0.456 e. The first kappa shape index (κ1) is 39.3. The second kappa shape index (κ2) is 15.2. The first-order valence-electron chi connectivity index (χ1n) is 18.9. The van der Waals surface area contributed by atoms with Crippen molar-refractivity contribution in [2.45, 2.75) is 88.7 Å². The molecule has 2 aromatic carbocycles. The first-order chi connectivity index (χ1) is 27.1. The molecule has 2 saturated heterocycles. The molecule has 302 valence electrons. The minimum Gasteiger partial charge on any atom is -0.456 e. The molecule has 3 aromatic heterocycles. The van der Waals surface area contributed by atoms with Gasteiger partial charge in [0, 0.05) is 35.0 Å². The van der Waals surface area contributed by atoms with E-state index in [4.69, 9.17) is 13.9 Å². The van der Waals surface area contributed by atoms with Crippen LogP contribution in [0.25, 0.3) is 44.5 Å². The molecule has 7 rings (SSSR count). The van der Waals surface area contributed by atoms with Gasteiger partial charge in [-0.05, 0) is 77.6 Å². The number of rotatable bonds is 10. The normalized spacial score (nSPS) is 18.5. The molecule has 4 atom stereocenters. The number of aromatic amines is 2. The highest BCUT2D eigenvalue weighted by Gasteiger charge is 2.44. The number of methoxy groups -OCH3 is 2. The number of likely N-dealkylation sites (tertiary alicyclic amines) is 2. The topological polar surface area (TPSA) is 228 Å². The van der Waals surface area contributed by atoms with Crippen LogP contribution in [0.1, 0.15) is 77.1 Å². The van der Waals surface area contributed by atoms with E-state index in [0.29, 0.717) is 48.7 Å². The zero-order valence-electron chi connectivity index (χ0n) is 32.7. The highest BCUT2D eigenvalue weighted by Crippen LogP contribution is 2.37. The van der Waals surface area contributed by atoms with Gasteiger partial charge in [0.1, 0.15) is 34.9 Å². The van der Waals surface area contributed by atoms with Crippen LogP contribution in [-0.4, -0.2) is 115 Å². The van der Waals surface area contributed by atoms with Crippen LogP contribution in [0, 0.1) is 0 Å². The molecule has 17 heteroatoms. The first-order valence-corrected chi connectivity index (χ1v) is 18.9. The van der Waals surface area contributed by atoms with Crippen molar-refractivity contribution in [1.29, 1.82) is 0 Å². The molecule has 0 bridgehead atoms. The maximum Gasteiger partial charge on any atom is 0.407 e. The third-order valence-corrected chi connectivity index (χ3v) is 10.8. The number of aromatic nitrogens is 4. The number of nitrogens with zero attached hydrogens (tertiary/aromatic N) is 4. The number of furan rings is 1. The number of hydrogen-bond donors (Lipinski definition) is 6. The number of carbonyl (C=O) groups is 4. The number of carbonyl (C=O) groups excluding carboxylic acids is 4.